The smallest absolute Gasteiger partial charge is 0.125 e. The van der Waals surface area contributed by atoms with E-state index < -0.39 is 0 Å². The Morgan fingerprint density at radius 3 is 2.80 bits per heavy atom. The molecule has 1 unspecified atom stereocenters. The molecule has 0 radical (unpaired) electrons. The monoisotopic (exact) mass is 209 g/mol. The van der Waals surface area contributed by atoms with Crippen LogP contribution in [0.2, 0.25) is 0 Å². The molecule has 0 aromatic heterocycles. The topological polar surface area (TPSA) is 32.3 Å². The van der Waals surface area contributed by atoms with Crippen LogP contribution in [0.15, 0.2) is 24.3 Å². The van der Waals surface area contributed by atoms with E-state index in [9.17, 15) is 9.50 Å². The molecule has 0 heterocycles. The molecule has 2 N–H and O–H groups in total. The number of aliphatic hydroxyl groups is 1. The van der Waals surface area contributed by atoms with Crippen LogP contribution in [-0.2, 0) is 0 Å². The van der Waals surface area contributed by atoms with E-state index in [1.165, 1.54) is 18.6 Å². The van der Waals surface area contributed by atoms with Crippen molar-refractivity contribution in [2.24, 2.45) is 5.92 Å². The molecule has 1 fully saturated rings. The molecule has 3 heteroatoms. The lowest BCUT2D eigenvalue weighted by Crippen LogP contribution is -2.36. The third kappa shape index (κ3) is 2.48. The zero-order chi connectivity index (χ0) is 10.7. The van der Waals surface area contributed by atoms with Gasteiger partial charge < -0.3 is 10.4 Å². The average molecular weight is 209 g/mol. The number of nitrogens with one attached hydrogen (secondary N) is 1. The van der Waals surface area contributed by atoms with Gasteiger partial charge in [-0.1, -0.05) is 12.5 Å². The van der Waals surface area contributed by atoms with Crippen LogP contribution in [0.5, 0.6) is 0 Å². The third-order valence-corrected chi connectivity index (χ3v) is 3.09. The Balaban J connectivity index is 1.99. The summed E-state index contributed by atoms with van der Waals surface area (Å²) in [6.07, 6.45) is 3.56. The van der Waals surface area contributed by atoms with Crippen molar-refractivity contribution in [1.29, 1.82) is 0 Å². The minimum atomic E-state index is -0.245. The van der Waals surface area contributed by atoms with Gasteiger partial charge in [0.15, 0.2) is 0 Å². The second-order valence-corrected chi connectivity index (χ2v) is 4.13. The molecule has 2 rings (SSSR count). The second-order valence-electron chi connectivity index (χ2n) is 4.13. The van der Waals surface area contributed by atoms with E-state index in [1.807, 2.05) is 6.07 Å². The van der Waals surface area contributed by atoms with E-state index in [2.05, 4.69) is 5.32 Å². The standard InChI is InChI=1S/C12H16FNO/c13-10-5-2-6-11(7-10)14-12(8-15)9-3-1-4-9/h2,5-7,9,12,14-15H,1,3-4,8H2. The molecular weight excluding hydrogens is 193 g/mol. The zero-order valence-corrected chi connectivity index (χ0v) is 8.62. The maximum absolute atomic E-state index is 12.9. The number of rotatable bonds is 4. The minimum absolute atomic E-state index is 0.0700. The summed E-state index contributed by atoms with van der Waals surface area (Å²) in [5.41, 5.74) is 0.751. The fourth-order valence-corrected chi connectivity index (χ4v) is 1.95. The van der Waals surface area contributed by atoms with Crippen molar-refractivity contribution in [1.82, 2.24) is 0 Å². The molecule has 1 atom stereocenters. The van der Waals surface area contributed by atoms with Gasteiger partial charge in [-0.2, -0.15) is 0 Å². The molecular formula is C12H16FNO. The quantitative estimate of drug-likeness (QED) is 0.798. The third-order valence-electron chi connectivity index (χ3n) is 3.09. The molecule has 15 heavy (non-hydrogen) atoms. The van der Waals surface area contributed by atoms with Crippen molar-refractivity contribution in [3.05, 3.63) is 30.1 Å². The largest absolute Gasteiger partial charge is 0.394 e. The first-order valence-electron chi connectivity index (χ1n) is 5.42. The predicted molar refractivity (Wildman–Crippen MR) is 58.2 cm³/mol. The maximum atomic E-state index is 12.9. The number of benzene rings is 1. The van der Waals surface area contributed by atoms with Gasteiger partial charge in [0.05, 0.1) is 12.6 Å². The summed E-state index contributed by atoms with van der Waals surface area (Å²) in [5, 5.41) is 12.4. The van der Waals surface area contributed by atoms with E-state index in [4.69, 9.17) is 0 Å². The first-order chi connectivity index (χ1) is 7.29. The SMILES string of the molecule is OCC(Nc1cccc(F)c1)C1CCC1. The number of hydrogen-bond donors (Lipinski definition) is 2. The van der Waals surface area contributed by atoms with Crippen LogP contribution in [0, 0.1) is 11.7 Å². The zero-order valence-electron chi connectivity index (χ0n) is 8.62. The van der Waals surface area contributed by atoms with Gasteiger partial charge in [-0.15, -0.1) is 0 Å². The summed E-state index contributed by atoms with van der Waals surface area (Å²) < 4.78 is 12.9. The van der Waals surface area contributed by atoms with E-state index in [0.717, 1.165) is 18.5 Å². The molecule has 1 aromatic carbocycles. The van der Waals surface area contributed by atoms with Crippen LogP contribution in [-0.4, -0.2) is 17.8 Å². The second kappa shape index (κ2) is 4.62. The Morgan fingerprint density at radius 1 is 1.47 bits per heavy atom. The fourth-order valence-electron chi connectivity index (χ4n) is 1.95. The highest BCUT2D eigenvalue weighted by Gasteiger charge is 2.26. The van der Waals surface area contributed by atoms with Crippen LogP contribution in [0.4, 0.5) is 10.1 Å². The van der Waals surface area contributed by atoms with Gasteiger partial charge in [0.1, 0.15) is 5.82 Å². The van der Waals surface area contributed by atoms with E-state index in [-0.39, 0.29) is 18.5 Å². The van der Waals surface area contributed by atoms with Crippen LogP contribution >= 0.6 is 0 Å². The summed E-state index contributed by atoms with van der Waals surface area (Å²) in [6.45, 7) is 0.112. The lowest BCUT2D eigenvalue weighted by Gasteiger charge is -2.33. The lowest BCUT2D eigenvalue weighted by molar-refractivity contribution is 0.187. The highest BCUT2D eigenvalue weighted by molar-refractivity contribution is 5.44. The normalized spacial score (nSPS) is 18.3. The van der Waals surface area contributed by atoms with Crippen LogP contribution in [0.3, 0.4) is 0 Å². The number of aliphatic hydroxyl groups excluding tert-OH is 1. The van der Waals surface area contributed by atoms with Gasteiger partial charge in [0.25, 0.3) is 0 Å². The molecule has 0 amide bonds. The van der Waals surface area contributed by atoms with Gasteiger partial charge in [0.2, 0.25) is 0 Å². The Labute approximate surface area is 89.1 Å². The van der Waals surface area contributed by atoms with Crippen LogP contribution < -0.4 is 5.32 Å². The summed E-state index contributed by atoms with van der Waals surface area (Å²) >= 11 is 0. The number of anilines is 1. The van der Waals surface area contributed by atoms with Crippen molar-refractivity contribution >= 4 is 5.69 Å². The summed E-state index contributed by atoms with van der Waals surface area (Å²) in [6, 6.07) is 6.45. The Hall–Kier alpha value is -1.09. The van der Waals surface area contributed by atoms with Gasteiger partial charge in [-0.05, 0) is 37.0 Å². The molecule has 0 bridgehead atoms. The molecule has 0 spiro atoms. The Morgan fingerprint density at radius 2 is 2.27 bits per heavy atom. The first-order valence-corrected chi connectivity index (χ1v) is 5.42. The van der Waals surface area contributed by atoms with E-state index in [1.54, 1.807) is 6.07 Å². The van der Waals surface area contributed by atoms with E-state index in [0.29, 0.717) is 5.92 Å². The van der Waals surface area contributed by atoms with Gasteiger partial charge >= 0.3 is 0 Å². The molecule has 1 aromatic rings. The first kappa shape index (κ1) is 10.4. The summed E-state index contributed by atoms with van der Waals surface area (Å²) in [7, 11) is 0. The molecule has 0 aliphatic heterocycles. The average Bonchev–Trinajstić information content (AvgIpc) is 2.14. The molecule has 82 valence electrons. The molecule has 2 nitrogen and oxygen atoms in total. The molecule has 1 saturated carbocycles. The van der Waals surface area contributed by atoms with Crippen molar-refractivity contribution in [2.75, 3.05) is 11.9 Å². The van der Waals surface area contributed by atoms with Crippen LogP contribution in [0.25, 0.3) is 0 Å². The summed E-state index contributed by atoms with van der Waals surface area (Å²) in [5.74, 6) is 0.295. The van der Waals surface area contributed by atoms with E-state index >= 15 is 0 Å². The highest BCUT2D eigenvalue weighted by Crippen LogP contribution is 2.31. The van der Waals surface area contributed by atoms with Crippen molar-refractivity contribution in [3.8, 4) is 0 Å². The number of hydrogen-bond acceptors (Lipinski definition) is 2. The Kier molecular flexibility index (Phi) is 3.21. The number of halogens is 1. The minimum Gasteiger partial charge on any atom is -0.394 e. The highest BCUT2D eigenvalue weighted by atomic mass is 19.1. The predicted octanol–water partition coefficient (Wildman–Crippen LogP) is 2.40. The van der Waals surface area contributed by atoms with Crippen molar-refractivity contribution in [2.45, 2.75) is 25.3 Å². The Bertz CT molecular complexity index is 325. The van der Waals surface area contributed by atoms with Crippen molar-refractivity contribution in [3.63, 3.8) is 0 Å². The molecule has 1 aliphatic carbocycles. The van der Waals surface area contributed by atoms with Gasteiger partial charge in [-0.3, -0.25) is 0 Å². The fraction of sp³-hybridized carbons (Fsp3) is 0.500. The molecule has 0 saturated heterocycles. The maximum Gasteiger partial charge on any atom is 0.125 e. The lowest BCUT2D eigenvalue weighted by atomic mass is 9.80. The molecule has 1 aliphatic rings. The van der Waals surface area contributed by atoms with Crippen LogP contribution in [0.1, 0.15) is 19.3 Å². The summed E-state index contributed by atoms with van der Waals surface area (Å²) in [4.78, 5) is 0. The van der Waals surface area contributed by atoms with Gasteiger partial charge in [0, 0.05) is 5.69 Å². The van der Waals surface area contributed by atoms with Crippen molar-refractivity contribution < 1.29 is 9.50 Å². The van der Waals surface area contributed by atoms with Gasteiger partial charge in [-0.25, -0.2) is 4.39 Å².